The Labute approximate surface area is 376 Å². The summed E-state index contributed by atoms with van der Waals surface area (Å²) in [5, 5.41) is 12.6. The molecule has 4 aliphatic heterocycles. The maximum absolute atomic E-state index is 16.2. The molecule has 14 nitrogen and oxygen atoms in total. The van der Waals surface area contributed by atoms with Crippen LogP contribution in [0.5, 0.6) is 5.75 Å². The number of amides is 2. The summed E-state index contributed by atoms with van der Waals surface area (Å²) in [6.45, 7) is -0.922. The van der Waals surface area contributed by atoms with Gasteiger partial charge in [0.1, 0.15) is 22.2 Å². The molecule has 4 fully saturated rings. The largest absolute Gasteiger partial charge is 0.480 e. The standard InChI is InChI=1S/C44H44ClF7N10O4/c1-59-30-15-27(46)29(14-24(30)35-37(41(59)65)66-19-44(51,52)38(56-35)21-3-4-21)54-39-26(45)16-53-42(57-39)62-12-9-22(43(49,50)18-62)17-61-10-7-20(8-11-61)32-28(47)13-25-34(58-60(2)36(25)33(32)48)23-5-6-31(63)55-40(23)64/h13-16,20-23,38,56H,3-12,17-19H2,1-2H3,(H,53,54,57)(H,55,63,64)/t22-,23?,38+/m1/s1. The van der Waals surface area contributed by atoms with Gasteiger partial charge >= 0.3 is 5.92 Å². The normalized spacial score (nSPS) is 23.6. The lowest BCUT2D eigenvalue weighted by molar-refractivity contribution is -0.134. The van der Waals surface area contributed by atoms with Gasteiger partial charge in [0.25, 0.3) is 11.5 Å². The second-order valence-electron chi connectivity index (χ2n) is 18.2. The van der Waals surface area contributed by atoms with Crippen LogP contribution in [0.2, 0.25) is 5.02 Å². The summed E-state index contributed by atoms with van der Waals surface area (Å²) >= 11 is 6.45. The minimum Gasteiger partial charge on any atom is -0.480 e. The number of anilines is 4. The van der Waals surface area contributed by atoms with Crippen LogP contribution in [-0.2, 0) is 23.7 Å². The Bertz CT molecular complexity index is 2880. The molecule has 2 aromatic carbocycles. The van der Waals surface area contributed by atoms with Crippen LogP contribution in [0, 0.1) is 29.3 Å². The third kappa shape index (κ3) is 7.74. The molecule has 10 rings (SSSR count). The molecule has 3 N–H and O–H groups in total. The van der Waals surface area contributed by atoms with Crippen molar-refractivity contribution >= 4 is 68.4 Å². The lowest BCUT2D eigenvalue weighted by atomic mass is 9.86. The van der Waals surface area contributed by atoms with E-state index in [0.717, 1.165) is 10.6 Å². The minimum absolute atomic E-state index is 0.00284. The first-order chi connectivity index (χ1) is 31.4. The van der Waals surface area contributed by atoms with Gasteiger partial charge in [0.15, 0.2) is 18.2 Å². The summed E-state index contributed by atoms with van der Waals surface area (Å²) in [7, 11) is 2.88. The monoisotopic (exact) mass is 944 g/mol. The van der Waals surface area contributed by atoms with Crippen LogP contribution in [0.4, 0.5) is 53.9 Å². The lowest BCUT2D eigenvalue weighted by Crippen LogP contribution is -2.53. The van der Waals surface area contributed by atoms with E-state index in [1.54, 1.807) is 0 Å². The Kier molecular flexibility index (Phi) is 10.9. The number of rotatable bonds is 8. The van der Waals surface area contributed by atoms with Gasteiger partial charge in [0, 0.05) is 61.9 Å². The average Bonchev–Trinajstić information content (AvgIpc) is 4.07. The van der Waals surface area contributed by atoms with Crippen LogP contribution < -0.4 is 31.1 Å². The molecule has 3 aromatic heterocycles. The van der Waals surface area contributed by atoms with E-state index in [0.29, 0.717) is 38.8 Å². The molecule has 3 saturated heterocycles. The van der Waals surface area contributed by atoms with Gasteiger partial charge in [-0.1, -0.05) is 11.6 Å². The first-order valence-corrected chi connectivity index (χ1v) is 22.2. The molecule has 66 heavy (non-hydrogen) atoms. The number of likely N-dealkylation sites (tertiary alicyclic amines) is 1. The van der Waals surface area contributed by atoms with E-state index in [9.17, 15) is 14.4 Å². The molecule has 2 amide bonds. The van der Waals surface area contributed by atoms with Crippen LogP contribution in [0.15, 0.2) is 29.2 Å². The Morgan fingerprint density at radius 2 is 1.68 bits per heavy atom. The molecule has 5 aromatic rings. The molecule has 0 radical (unpaired) electrons. The van der Waals surface area contributed by atoms with Crippen molar-refractivity contribution < 1.29 is 45.1 Å². The van der Waals surface area contributed by atoms with E-state index in [2.05, 4.69) is 31.0 Å². The number of nitrogens with one attached hydrogen (secondary N) is 3. The number of aromatic nitrogens is 5. The maximum atomic E-state index is 16.2. The Morgan fingerprint density at radius 3 is 2.39 bits per heavy atom. The Balaban J connectivity index is 0.815. The zero-order chi connectivity index (χ0) is 46.6. The third-order valence-corrected chi connectivity index (χ3v) is 14.1. The van der Waals surface area contributed by atoms with Crippen molar-refractivity contribution in [3.63, 3.8) is 0 Å². The molecule has 3 atom stereocenters. The van der Waals surface area contributed by atoms with E-state index in [1.807, 2.05) is 4.90 Å². The molecule has 0 spiro atoms. The smallest absolute Gasteiger partial charge is 0.301 e. The molecule has 22 heteroatoms. The second-order valence-corrected chi connectivity index (χ2v) is 18.6. The summed E-state index contributed by atoms with van der Waals surface area (Å²) in [4.78, 5) is 49.3. The van der Waals surface area contributed by atoms with Gasteiger partial charge in [-0.05, 0) is 75.6 Å². The number of halogens is 8. The van der Waals surface area contributed by atoms with Crippen molar-refractivity contribution in [2.75, 3.05) is 54.9 Å². The van der Waals surface area contributed by atoms with Crippen LogP contribution in [0.3, 0.4) is 0 Å². The van der Waals surface area contributed by atoms with Crippen molar-refractivity contribution in [1.29, 1.82) is 0 Å². The van der Waals surface area contributed by atoms with Crippen LogP contribution in [0.25, 0.3) is 21.8 Å². The van der Waals surface area contributed by atoms with E-state index >= 15 is 30.7 Å². The summed E-state index contributed by atoms with van der Waals surface area (Å²) < 4.78 is 118. The predicted molar refractivity (Wildman–Crippen MR) is 229 cm³/mol. The van der Waals surface area contributed by atoms with E-state index in [1.165, 1.54) is 42.0 Å². The highest BCUT2D eigenvalue weighted by molar-refractivity contribution is 6.33. The maximum Gasteiger partial charge on any atom is 0.301 e. The number of nitrogens with zero attached hydrogens (tertiary/aromatic N) is 7. The number of piperidine rings is 3. The van der Waals surface area contributed by atoms with Gasteiger partial charge in [-0.3, -0.25) is 24.4 Å². The molecule has 1 unspecified atom stereocenters. The van der Waals surface area contributed by atoms with Crippen LogP contribution in [0.1, 0.15) is 68.0 Å². The summed E-state index contributed by atoms with van der Waals surface area (Å²) in [6, 6.07) is 2.26. The van der Waals surface area contributed by atoms with Crippen LogP contribution in [-0.4, -0.2) is 98.2 Å². The number of fused-ring (bicyclic) bond motifs is 4. The zero-order valence-electron chi connectivity index (χ0n) is 35.7. The number of carbonyl (C=O) groups excluding carboxylic acids is 2. The van der Waals surface area contributed by atoms with E-state index in [-0.39, 0.29) is 105 Å². The number of hydrogen-bond acceptors (Lipinski definition) is 11. The Hall–Kier alpha value is -5.70. The van der Waals surface area contributed by atoms with Crippen molar-refractivity contribution in [3.8, 4) is 5.75 Å². The first-order valence-electron chi connectivity index (χ1n) is 21.8. The summed E-state index contributed by atoms with van der Waals surface area (Å²) in [5.74, 6) is -13.2. The number of hydrogen-bond donors (Lipinski definition) is 3. The fraction of sp³-hybridized carbons (Fsp3) is 0.500. The molecular formula is C44H44ClF7N10O4. The van der Waals surface area contributed by atoms with Gasteiger partial charge in [-0.2, -0.15) is 10.1 Å². The number of benzene rings is 2. The molecule has 7 heterocycles. The average molecular weight is 945 g/mol. The molecule has 350 valence electrons. The van der Waals surface area contributed by atoms with Gasteiger partial charge in [0.05, 0.1) is 47.3 Å². The first kappa shape index (κ1) is 44.2. The SMILES string of the molecule is Cn1nc(C2CCC(=O)NC2=O)c2cc(F)c(C3CCN(C[C@H]4CCN(c5ncc(Cl)c(Nc6cc7c8c(c(=O)n(C)c7cc6F)OCC(F)(F)[C@H](C6CC6)N8)n5)CC4(F)F)CC3)c(F)c21. The number of ether oxygens (including phenoxy) is 1. The highest BCUT2D eigenvalue weighted by Gasteiger charge is 2.51. The van der Waals surface area contributed by atoms with Crippen LogP contribution >= 0.6 is 11.6 Å². The molecule has 1 saturated carbocycles. The van der Waals surface area contributed by atoms with E-state index < -0.39 is 83.6 Å². The van der Waals surface area contributed by atoms with Crippen molar-refractivity contribution in [2.24, 2.45) is 25.9 Å². The molecule has 1 aliphatic carbocycles. The topological polar surface area (TPSA) is 152 Å². The van der Waals surface area contributed by atoms with E-state index in [4.69, 9.17) is 16.3 Å². The second kappa shape index (κ2) is 16.3. The number of pyridine rings is 1. The fourth-order valence-corrected chi connectivity index (χ4v) is 10.3. The predicted octanol–water partition coefficient (Wildman–Crippen LogP) is 7.11. The Morgan fingerprint density at radius 1 is 0.924 bits per heavy atom. The summed E-state index contributed by atoms with van der Waals surface area (Å²) in [5.41, 5.74) is -0.674. The number of imide groups is 1. The van der Waals surface area contributed by atoms with Gasteiger partial charge in [-0.25, -0.2) is 35.7 Å². The highest BCUT2D eigenvalue weighted by atomic mass is 35.5. The number of alkyl halides is 4. The summed E-state index contributed by atoms with van der Waals surface area (Å²) in [6.07, 6.45) is 3.27. The lowest BCUT2D eigenvalue weighted by Gasteiger charge is -2.41. The number of aryl methyl sites for hydroxylation is 2. The molecule has 0 bridgehead atoms. The van der Waals surface area contributed by atoms with Gasteiger partial charge in [0.2, 0.25) is 23.5 Å². The van der Waals surface area contributed by atoms with Gasteiger partial charge in [-0.15, -0.1) is 0 Å². The van der Waals surface area contributed by atoms with Gasteiger partial charge < -0.3 is 29.7 Å². The highest BCUT2D eigenvalue weighted by Crippen LogP contribution is 2.47. The third-order valence-electron chi connectivity index (χ3n) is 13.8. The fourth-order valence-electron chi connectivity index (χ4n) is 10.1. The zero-order valence-corrected chi connectivity index (χ0v) is 36.4. The quantitative estimate of drug-likeness (QED) is 0.108. The van der Waals surface area contributed by atoms with Crippen molar-refractivity contribution in [2.45, 2.75) is 74.7 Å². The van der Waals surface area contributed by atoms with Crippen molar-refractivity contribution in [3.05, 3.63) is 68.5 Å². The minimum atomic E-state index is -3.29. The number of carbonyl (C=O) groups is 2. The molecule has 5 aliphatic rings. The molecular weight excluding hydrogens is 901 g/mol. The van der Waals surface area contributed by atoms with Crippen molar-refractivity contribution in [1.82, 2.24) is 34.5 Å².